The van der Waals surface area contributed by atoms with Crippen LogP contribution in [0.3, 0.4) is 0 Å². The summed E-state index contributed by atoms with van der Waals surface area (Å²) in [4.78, 5) is 51.6. The molecule has 4 heterocycles. The molecule has 1 aliphatic rings. The molecule has 0 bridgehead atoms. The average Bonchev–Trinajstić information content (AvgIpc) is 3.46. The molecule has 1 saturated heterocycles. The summed E-state index contributed by atoms with van der Waals surface area (Å²) in [6, 6.07) is 0. The summed E-state index contributed by atoms with van der Waals surface area (Å²) in [7, 11) is 0. The third-order valence-corrected chi connectivity index (χ3v) is 4.59. The molecule has 0 amide bonds. The molecule has 0 radical (unpaired) electrons. The number of fused-ring (bicyclic) bond motifs is 1. The number of esters is 3. The Bertz CT molecular complexity index is 1150. The number of ether oxygens (including phenoxy) is 4. The summed E-state index contributed by atoms with van der Waals surface area (Å²) in [5.74, 6) is -1.39. The molecule has 0 spiro atoms. The van der Waals surface area contributed by atoms with Crippen molar-refractivity contribution in [2.75, 3.05) is 6.61 Å². The van der Waals surface area contributed by atoms with E-state index in [1.54, 1.807) is 0 Å². The molecule has 4 atom stereocenters. The van der Waals surface area contributed by atoms with Gasteiger partial charge in [-0.05, 0) is 0 Å². The van der Waals surface area contributed by atoms with Gasteiger partial charge in [0, 0.05) is 20.8 Å². The minimum Gasteiger partial charge on any atom is -0.463 e. The number of aromatic nitrogens is 7. The average molecular weight is 445 g/mol. The van der Waals surface area contributed by atoms with Gasteiger partial charge in [-0.1, -0.05) is 0 Å². The van der Waals surface area contributed by atoms with Gasteiger partial charge in [0.05, 0.1) is 6.33 Å². The summed E-state index contributed by atoms with van der Waals surface area (Å²) >= 11 is 0. The van der Waals surface area contributed by atoms with Crippen molar-refractivity contribution < 1.29 is 33.3 Å². The van der Waals surface area contributed by atoms with Crippen molar-refractivity contribution in [2.45, 2.75) is 45.3 Å². The highest BCUT2D eigenvalue weighted by Gasteiger charge is 2.51. The number of hydrogen-bond acceptors (Lipinski definition) is 12. The molecule has 0 N–H and O–H groups in total. The van der Waals surface area contributed by atoms with E-state index in [2.05, 4.69) is 25.0 Å². The van der Waals surface area contributed by atoms with Crippen molar-refractivity contribution in [1.29, 1.82) is 0 Å². The van der Waals surface area contributed by atoms with Gasteiger partial charge in [-0.25, -0.2) is 24.6 Å². The normalized spacial score (nSPS) is 22.6. The summed E-state index contributed by atoms with van der Waals surface area (Å²) in [6.45, 7) is 3.46. The maximum atomic E-state index is 11.8. The summed E-state index contributed by atoms with van der Waals surface area (Å²) in [5.41, 5.74) is 0.734. The maximum Gasteiger partial charge on any atom is 0.303 e. The predicted molar refractivity (Wildman–Crippen MR) is 102 cm³/mol. The van der Waals surface area contributed by atoms with Crippen LogP contribution < -0.4 is 0 Å². The van der Waals surface area contributed by atoms with Crippen LogP contribution in [0, 0.1) is 0 Å². The van der Waals surface area contributed by atoms with Crippen LogP contribution in [0.1, 0.15) is 27.0 Å². The topological polar surface area (TPSA) is 162 Å². The summed E-state index contributed by atoms with van der Waals surface area (Å²) in [5, 5.41) is 4.05. The molecular weight excluding hydrogens is 426 g/mol. The monoisotopic (exact) mass is 445 g/mol. The van der Waals surface area contributed by atoms with Crippen molar-refractivity contribution >= 4 is 29.1 Å². The molecule has 14 nitrogen and oxygen atoms in total. The highest BCUT2D eigenvalue weighted by Crippen LogP contribution is 2.36. The highest BCUT2D eigenvalue weighted by atomic mass is 16.7. The Morgan fingerprint density at radius 3 is 2.38 bits per heavy atom. The molecule has 0 aromatic carbocycles. The third kappa shape index (κ3) is 4.12. The Morgan fingerprint density at radius 1 is 0.969 bits per heavy atom. The molecule has 168 valence electrons. The lowest BCUT2D eigenvalue weighted by molar-refractivity contribution is -0.166. The molecular formula is C18H19N7O7. The minimum atomic E-state index is -1.06. The number of carbonyl (C=O) groups is 3. The fraction of sp³-hybridized carbons (Fsp3) is 0.444. The van der Waals surface area contributed by atoms with Crippen molar-refractivity contribution in [2.24, 2.45) is 0 Å². The number of hydrogen-bond donors (Lipinski definition) is 0. The van der Waals surface area contributed by atoms with Crippen molar-refractivity contribution in [3.05, 3.63) is 25.3 Å². The first-order valence-electron chi connectivity index (χ1n) is 9.51. The fourth-order valence-corrected chi connectivity index (χ4v) is 3.43. The first-order chi connectivity index (χ1) is 15.3. The van der Waals surface area contributed by atoms with E-state index in [1.807, 2.05) is 0 Å². The fourth-order valence-electron chi connectivity index (χ4n) is 3.43. The van der Waals surface area contributed by atoms with Gasteiger partial charge in [-0.2, -0.15) is 5.10 Å². The zero-order valence-corrected chi connectivity index (χ0v) is 17.3. The highest BCUT2D eigenvalue weighted by molar-refractivity contribution is 5.78. The van der Waals surface area contributed by atoms with Gasteiger partial charge < -0.3 is 18.9 Å². The van der Waals surface area contributed by atoms with Crippen LogP contribution in [-0.4, -0.2) is 77.1 Å². The minimum absolute atomic E-state index is 0.215. The number of nitrogens with zero attached hydrogens (tertiary/aromatic N) is 7. The SMILES string of the molecule is CC(=O)OC[C@H]1O[C@@H](n2cnc3c(-n4cncn4)ncnc32)[C@H](OC(C)=O)[C@@H]1OC(C)=O. The predicted octanol–water partition coefficient (Wildman–Crippen LogP) is -0.269. The Balaban J connectivity index is 1.75. The van der Waals surface area contributed by atoms with E-state index in [0.717, 1.165) is 0 Å². The van der Waals surface area contributed by atoms with E-state index in [1.165, 1.54) is 55.3 Å². The van der Waals surface area contributed by atoms with E-state index in [9.17, 15) is 14.4 Å². The van der Waals surface area contributed by atoms with E-state index in [4.69, 9.17) is 18.9 Å². The molecule has 1 fully saturated rings. The second-order valence-electron chi connectivity index (χ2n) is 6.88. The van der Waals surface area contributed by atoms with Crippen LogP contribution in [0.2, 0.25) is 0 Å². The van der Waals surface area contributed by atoms with Gasteiger partial charge in [0.15, 0.2) is 35.4 Å². The molecule has 1 aliphatic heterocycles. The second kappa shape index (κ2) is 8.66. The Labute approximate surface area is 180 Å². The van der Waals surface area contributed by atoms with Gasteiger partial charge in [0.1, 0.15) is 31.7 Å². The van der Waals surface area contributed by atoms with Crippen LogP contribution in [0.5, 0.6) is 0 Å². The van der Waals surface area contributed by atoms with Gasteiger partial charge in [-0.3, -0.25) is 19.0 Å². The van der Waals surface area contributed by atoms with E-state index in [0.29, 0.717) is 17.0 Å². The van der Waals surface area contributed by atoms with Crippen LogP contribution >= 0.6 is 0 Å². The van der Waals surface area contributed by atoms with Crippen molar-refractivity contribution in [1.82, 2.24) is 34.3 Å². The van der Waals surface area contributed by atoms with Crippen LogP contribution in [0.25, 0.3) is 17.0 Å². The van der Waals surface area contributed by atoms with Crippen LogP contribution in [-0.2, 0) is 33.3 Å². The molecule has 4 rings (SSSR count). The quantitative estimate of drug-likeness (QED) is 0.361. The van der Waals surface area contributed by atoms with Crippen molar-refractivity contribution in [3.8, 4) is 5.82 Å². The molecule has 3 aromatic heterocycles. The van der Waals surface area contributed by atoms with Gasteiger partial charge >= 0.3 is 17.9 Å². The van der Waals surface area contributed by atoms with Crippen LogP contribution in [0.4, 0.5) is 0 Å². The number of rotatable bonds is 6. The van der Waals surface area contributed by atoms with Crippen molar-refractivity contribution in [3.63, 3.8) is 0 Å². The first-order valence-corrected chi connectivity index (χ1v) is 9.51. The van der Waals surface area contributed by atoms with E-state index in [-0.39, 0.29) is 6.61 Å². The maximum absolute atomic E-state index is 11.8. The van der Waals surface area contributed by atoms with Crippen LogP contribution in [0.15, 0.2) is 25.3 Å². The van der Waals surface area contributed by atoms with Gasteiger partial charge in [0.25, 0.3) is 0 Å². The third-order valence-electron chi connectivity index (χ3n) is 4.59. The smallest absolute Gasteiger partial charge is 0.303 e. The lowest BCUT2D eigenvalue weighted by Gasteiger charge is -2.23. The molecule has 3 aromatic rings. The summed E-state index contributed by atoms with van der Waals surface area (Å²) < 4.78 is 24.8. The van der Waals surface area contributed by atoms with E-state index >= 15 is 0 Å². The number of imidazole rings is 1. The zero-order valence-electron chi connectivity index (χ0n) is 17.3. The Morgan fingerprint density at radius 2 is 1.72 bits per heavy atom. The lowest BCUT2D eigenvalue weighted by Crippen LogP contribution is -2.40. The molecule has 32 heavy (non-hydrogen) atoms. The van der Waals surface area contributed by atoms with E-state index < -0.39 is 42.4 Å². The molecule has 14 heteroatoms. The zero-order chi connectivity index (χ0) is 22.8. The molecule has 0 aliphatic carbocycles. The Hall–Kier alpha value is -3.94. The largest absolute Gasteiger partial charge is 0.463 e. The molecule has 0 saturated carbocycles. The standard InChI is InChI=1S/C18H19N7O7/c1-9(26)29-4-12-14(30-10(2)27)15(31-11(3)28)18(32-12)24-8-22-13-16(24)20-6-21-17(13)25-7-19-5-23-25/h5-8,12,14-15,18H,4H2,1-3H3/t12-,14-,15-,18-/m1/s1. The summed E-state index contributed by atoms with van der Waals surface area (Å²) in [6.07, 6.45) is 1.59. The lowest BCUT2D eigenvalue weighted by atomic mass is 10.1. The Kier molecular flexibility index (Phi) is 5.77. The second-order valence-corrected chi connectivity index (χ2v) is 6.88. The van der Waals surface area contributed by atoms with Gasteiger partial charge in [-0.15, -0.1) is 0 Å². The molecule has 0 unspecified atom stereocenters. The number of carbonyl (C=O) groups excluding carboxylic acids is 3. The first kappa shape index (κ1) is 21.3. The van der Waals surface area contributed by atoms with Gasteiger partial charge in [0.2, 0.25) is 0 Å².